The van der Waals surface area contributed by atoms with Gasteiger partial charge in [-0.15, -0.1) is 0 Å². The average molecular weight is 217 g/mol. The monoisotopic (exact) mass is 217 g/mol. The Hall–Kier alpha value is -0.610. The van der Waals surface area contributed by atoms with E-state index in [0.717, 1.165) is 0 Å². The summed E-state index contributed by atoms with van der Waals surface area (Å²) in [6, 6.07) is 2.03. The quantitative estimate of drug-likeness (QED) is 0.842. The van der Waals surface area contributed by atoms with Crippen LogP contribution in [0.15, 0.2) is 12.1 Å². The Morgan fingerprint density at radius 2 is 1.86 bits per heavy atom. The lowest BCUT2D eigenvalue weighted by molar-refractivity contribution is 0.537. The largest absolute Gasteiger partial charge is 0.323 e. The van der Waals surface area contributed by atoms with Gasteiger partial charge in [-0.25, -0.2) is 8.78 Å². The average Bonchev–Trinajstić information content (AvgIpc) is 2.01. The van der Waals surface area contributed by atoms with E-state index in [1.54, 1.807) is 6.92 Å². The van der Waals surface area contributed by atoms with Crippen molar-refractivity contribution in [1.29, 1.82) is 0 Å². The summed E-state index contributed by atoms with van der Waals surface area (Å²) in [5, 5.41) is 0. The Balaban J connectivity index is 3.07. The molecule has 1 unspecified atom stereocenters. The van der Waals surface area contributed by atoms with E-state index in [1.165, 1.54) is 23.9 Å². The molecule has 78 valence electrons. The maximum atomic E-state index is 13.4. The number of hydrogen-bond acceptors (Lipinski definition) is 2. The maximum absolute atomic E-state index is 13.4. The Morgan fingerprint density at radius 1 is 1.36 bits per heavy atom. The van der Waals surface area contributed by atoms with E-state index >= 15 is 0 Å². The lowest BCUT2D eigenvalue weighted by Gasteiger charge is -2.13. The number of halogens is 2. The highest BCUT2D eigenvalue weighted by Gasteiger charge is 2.16. The van der Waals surface area contributed by atoms with Gasteiger partial charge in [-0.2, -0.15) is 11.8 Å². The second kappa shape index (κ2) is 4.75. The highest BCUT2D eigenvalue weighted by atomic mass is 32.2. The molecule has 1 aromatic rings. The first-order chi connectivity index (χ1) is 6.56. The van der Waals surface area contributed by atoms with Crippen LogP contribution in [0.1, 0.15) is 17.2 Å². The first-order valence-corrected chi connectivity index (χ1v) is 5.65. The van der Waals surface area contributed by atoms with Crippen molar-refractivity contribution in [2.24, 2.45) is 5.73 Å². The van der Waals surface area contributed by atoms with Crippen LogP contribution in [-0.4, -0.2) is 12.0 Å². The van der Waals surface area contributed by atoms with Crippen molar-refractivity contribution >= 4 is 11.8 Å². The number of rotatable bonds is 3. The van der Waals surface area contributed by atoms with Crippen LogP contribution in [0.3, 0.4) is 0 Å². The van der Waals surface area contributed by atoms with Gasteiger partial charge >= 0.3 is 0 Å². The molecule has 0 aromatic heterocycles. The number of nitrogens with two attached hydrogens (primary N) is 1. The van der Waals surface area contributed by atoms with Crippen molar-refractivity contribution in [3.05, 3.63) is 34.9 Å². The van der Waals surface area contributed by atoms with Crippen LogP contribution in [0.25, 0.3) is 0 Å². The molecule has 4 heteroatoms. The summed E-state index contributed by atoms with van der Waals surface area (Å²) in [5.41, 5.74) is 6.22. The maximum Gasteiger partial charge on any atom is 0.131 e. The predicted molar refractivity (Wildman–Crippen MR) is 56.4 cm³/mol. The van der Waals surface area contributed by atoms with Crippen molar-refractivity contribution in [1.82, 2.24) is 0 Å². The SMILES string of the molecule is CSCC(N)c1c(F)cc(C)cc1F. The minimum absolute atomic E-state index is 0.00931. The molecule has 1 nitrogen and oxygen atoms in total. The molecule has 1 aromatic carbocycles. The zero-order valence-electron chi connectivity index (χ0n) is 8.18. The van der Waals surface area contributed by atoms with E-state index in [-0.39, 0.29) is 5.56 Å². The van der Waals surface area contributed by atoms with Gasteiger partial charge in [-0.05, 0) is 30.9 Å². The molecule has 0 saturated heterocycles. The van der Waals surface area contributed by atoms with Gasteiger partial charge in [0.25, 0.3) is 0 Å². The fourth-order valence-electron chi connectivity index (χ4n) is 1.33. The molecule has 2 N–H and O–H groups in total. The third-order valence-electron chi connectivity index (χ3n) is 1.94. The highest BCUT2D eigenvalue weighted by molar-refractivity contribution is 7.98. The molecule has 14 heavy (non-hydrogen) atoms. The van der Waals surface area contributed by atoms with Gasteiger partial charge < -0.3 is 5.73 Å². The van der Waals surface area contributed by atoms with Crippen LogP contribution in [0, 0.1) is 18.6 Å². The summed E-state index contributed by atoms with van der Waals surface area (Å²) < 4.78 is 26.7. The normalized spacial score (nSPS) is 12.9. The van der Waals surface area contributed by atoms with E-state index in [0.29, 0.717) is 11.3 Å². The zero-order chi connectivity index (χ0) is 10.7. The zero-order valence-corrected chi connectivity index (χ0v) is 9.00. The van der Waals surface area contributed by atoms with Crippen LogP contribution >= 0.6 is 11.8 Å². The van der Waals surface area contributed by atoms with Crippen LogP contribution in [0.2, 0.25) is 0 Å². The predicted octanol–water partition coefficient (Wildman–Crippen LogP) is 2.64. The summed E-state index contributed by atoms with van der Waals surface area (Å²) in [5.74, 6) is -0.593. The number of thioether (sulfide) groups is 1. The third kappa shape index (κ3) is 2.45. The molecule has 0 saturated carbocycles. The van der Waals surface area contributed by atoms with Gasteiger partial charge in [0.05, 0.1) is 0 Å². The molecular weight excluding hydrogens is 204 g/mol. The van der Waals surface area contributed by atoms with E-state index in [4.69, 9.17) is 5.73 Å². The lowest BCUT2D eigenvalue weighted by Crippen LogP contribution is -2.16. The second-order valence-corrected chi connectivity index (χ2v) is 4.11. The first-order valence-electron chi connectivity index (χ1n) is 4.26. The third-order valence-corrected chi connectivity index (χ3v) is 2.63. The number of aryl methyl sites for hydroxylation is 1. The molecule has 0 radical (unpaired) electrons. The van der Waals surface area contributed by atoms with Gasteiger partial charge in [0.15, 0.2) is 0 Å². The topological polar surface area (TPSA) is 26.0 Å². The van der Waals surface area contributed by atoms with Crippen molar-refractivity contribution in [2.75, 3.05) is 12.0 Å². The highest BCUT2D eigenvalue weighted by Crippen LogP contribution is 2.22. The van der Waals surface area contributed by atoms with Gasteiger partial charge in [0.1, 0.15) is 11.6 Å². The van der Waals surface area contributed by atoms with Gasteiger partial charge in [0.2, 0.25) is 0 Å². The van der Waals surface area contributed by atoms with Crippen molar-refractivity contribution in [3.63, 3.8) is 0 Å². The Morgan fingerprint density at radius 3 is 2.29 bits per heavy atom. The molecule has 1 rings (SSSR count). The summed E-state index contributed by atoms with van der Waals surface area (Å²) >= 11 is 1.47. The summed E-state index contributed by atoms with van der Waals surface area (Å²) in [6.07, 6.45) is 1.85. The first kappa shape index (κ1) is 11.5. The molecule has 0 spiro atoms. The number of benzene rings is 1. The van der Waals surface area contributed by atoms with Crippen LogP contribution < -0.4 is 5.73 Å². The minimum Gasteiger partial charge on any atom is -0.323 e. The summed E-state index contributed by atoms with van der Waals surface area (Å²) in [4.78, 5) is 0. The van der Waals surface area contributed by atoms with Crippen LogP contribution in [0.5, 0.6) is 0 Å². The molecule has 1 atom stereocenters. The molecule has 0 aliphatic heterocycles. The van der Waals surface area contributed by atoms with Gasteiger partial charge in [-0.3, -0.25) is 0 Å². The molecule has 0 heterocycles. The summed E-state index contributed by atoms with van der Waals surface area (Å²) in [6.45, 7) is 1.65. The fraction of sp³-hybridized carbons (Fsp3) is 0.400. The fourth-order valence-corrected chi connectivity index (χ4v) is 1.85. The molecule has 0 bridgehead atoms. The smallest absolute Gasteiger partial charge is 0.131 e. The standard InChI is InChI=1S/C10H13F2NS/c1-6-3-7(11)10(8(12)4-6)9(13)5-14-2/h3-4,9H,5,13H2,1-2H3. The van der Waals surface area contributed by atoms with E-state index in [2.05, 4.69) is 0 Å². The van der Waals surface area contributed by atoms with Gasteiger partial charge in [-0.1, -0.05) is 0 Å². The van der Waals surface area contributed by atoms with E-state index < -0.39 is 17.7 Å². The molecule has 0 aliphatic rings. The molecule has 0 fully saturated rings. The molecule has 0 aliphatic carbocycles. The Bertz CT molecular complexity index is 305. The van der Waals surface area contributed by atoms with E-state index in [1.807, 2.05) is 6.26 Å². The van der Waals surface area contributed by atoms with Crippen LogP contribution in [-0.2, 0) is 0 Å². The number of hydrogen-bond donors (Lipinski definition) is 1. The second-order valence-electron chi connectivity index (χ2n) is 3.20. The summed E-state index contributed by atoms with van der Waals surface area (Å²) in [7, 11) is 0. The van der Waals surface area contributed by atoms with E-state index in [9.17, 15) is 8.78 Å². The Kier molecular flexibility index (Phi) is 3.89. The lowest BCUT2D eigenvalue weighted by atomic mass is 10.1. The Labute approximate surface area is 86.7 Å². The molecular formula is C10H13F2NS. The van der Waals surface area contributed by atoms with Gasteiger partial charge in [0, 0.05) is 17.4 Å². The van der Waals surface area contributed by atoms with Crippen molar-refractivity contribution in [3.8, 4) is 0 Å². The minimum atomic E-state index is -0.578. The van der Waals surface area contributed by atoms with Crippen molar-refractivity contribution in [2.45, 2.75) is 13.0 Å². The van der Waals surface area contributed by atoms with Crippen LogP contribution in [0.4, 0.5) is 8.78 Å². The van der Waals surface area contributed by atoms with Crippen molar-refractivity contribution < 1.29 is 8.78 Å². The molecule has 0 amide bonds.